The van der Waals surface area contributed by atoms with Crippen LogP contribution in [0.5, 0.6) is 0 Å². The molecule has 0 saturated heterocycles. The van der Waals surface area contributed by atoms with Crippen LogP contribution in [-0.4, -0.2) is 17.6 Å². The average Bonchev–Trinajstić information content (AvgIpc) is 2.19. The van der Waals surface area contributed by atoms with Crippen LogP contribution < -0.4 is 0 Å². The Morgan fingerprint density at radius 3 is 3.00 bits per heavy atom. The Balaban J connectivity index is 3.00. The fraction of sp³-hybridized carbons (Fsp3) is 0.250. The number of aromatic nitrogens is 1. The van der Waals surface area contributed by atoms with E-state index in [2.05, 4.69) is 10.2 Å². The minimum Gasteiger partial charge on any atom is -0.462 e. The van der Waals surface area contributed by atoms with Crippen LogP contribution in [-0.2, 0) is 4.74 Å². The highest BCUT2D eigenvalue weighted by atomic mass is 35.5. The van der Waals surface area contributed by atoms with Gasteiger partial charge in [-0.25, -0.2) is 9.78 Å². The van der Waals surface area contributed by atoms with E-state index >= 15 is 0 Å². The Bertz CT molecular complexity index is 368. The molecule has 1 heterocycles. The molecule has 0 aliphatic carbocycles. The first kappa shape index (κ1) is 10.6. The van der Waals surface area contributed by atoms with Crippen molar-refractivity contribution in [3.63, 3.8) is 0 Å². The SMILES string of the molecule is CCOC(=O)c1cnc(Cl)c(N=O)c1. The molecule has 0 radical (unpaired) electrons. The Morgan fingerprint density at radius 2 is 2.43 bits per heavy atom. The molecule has 0 saturated carbocycles. The van der Waals surface area contributed by atoms with Gasteiger partial charge in [-0.3, -0.25) is 0 Å². The van der Waals surface area contributed by atoms with E-state index in [4.69, 9.17) is 16.3 Å². The van der Waals surface area contributed by atoms with E-state index in [0.717, 1.165) is 0 Å². The fourth-order valence-electron chi connectivity index (χ4n) is 0.827. The monoisotopic (exact) mass is 214 g/mol. The van der Waals surface area contributed by atoms with Gasteiger partial charge in [-0.05, 0) is 18.2 Å². The molecule has 6 heteroatoms. The molecular formula is C8H7ClN2O3. The molecule has 0 aliphatic rings. The van der Waals surface area contributed by atoms with E-state index in [1.54, 1.807) is 6.92 Å². The molecule has 1 aromatic rings. The number of hydrogen-bond acceptors (Lipinski definition) is 5. The smallest absolute Gasteiger partial charge is 0.339 e. The summed E-state index contributed by atoms with van der Waals surface area (Å²) in [6.45, 7) is 1.94. The molecule has 1 aromatic heterocycles. The first-order chi connectivity index (χ1) is 6.69. The molecule has 0 amide bonds. The summed E-state index contributed by atoms with van der Waals surface area (Å²) >= 11 is 5.52. The number of ether oxygens (including phenoxy) is 1. The maximum Gasteiger partial charge on any atom is 0.339 e. The average molecular weight is 215 g/mol. The van der Waals surface area contributed by atoms with Crippen molar-refractivity contribution in [3.8, 4) is 0 Å². The molecule has 0 aliphatic heterocycles. The van der Waals surface area contributed by atoms with E-state index in [1.165, 1.54) is 12.3 Å². The van der Waals surface area contributed by atoms with Crippen molar-refractivity contribution < 1.29 is 9.53 Å². The standard InChI is InChI=1S/C8H7ClN2O3/c1-2-14-8(12)5-3-6(11-13)7(9)10-4-5/h3-4H,2H2,1H3. The van der Waals surface area contributed by atoms with Crippen molar-refractivity contribution in [1.82, 2.24) is 4.98 Å². The molecule has 14 heavy (non-hydrogen) atoms. The lowest BCUT2D eigenvalue weighted by atomic mass is 10.3. The Labute approximate surface area is 85.0 Å². The lowest BCUT2D eigenvalue weighted by Crippen LogP contribution is -2.04. The summed E-state index contributed by atoms with van der Waals surface area (Å²) in [5.74, 6) is -0.554. The Hall–Kier alpha value is -1.49. The molecule has 0 bridgehead atoms. The van der Waals surface area contributed by atoms with Gasteiger partial charge in [0.1, 0.15) is 5.69 Å². The van der Waals surface area contributed by atoms with Crippen molar-refractivity contribution in [3.05, 3.63) is 27.9 Å². The zero-order chi connectivity index (χ0) is 10.6. The summed E-state index contributed by atoms with van der Waals surface area (Å²) in [5.41, 5.74) is 0.0862. The van der Waals surface area contributed by atoms with Gasteiger partial charge in [0.2, 0.25) is 0 Å². The predicted octanol–water partition coefficient (Wildman–Crippen LogP) is 2.31. The molecule has 0 unspecified atom stereocenters. The fourth-order valence-corrected chi connectivity index (χ4v) is 0.964. The van der Waals surface area contributed by atoms with E-state index in [0.29, 0.717) is 0 Å². The topological polar surface area (TPSA) is 68.6 Å². The quantitative estimate of drug-likeness (QED) is 0.440. The third-order valence-corrected chi connectivity index (χ3v) is 1.72. The number of nitrogens with zero attached hydrogens (tertiary/aromatic N) is 2. The lowest BCUT2D eigenvalue weighted by Gasteiger charge is -2.01. The van der Waals surface area contributed by atoms with Gasteiger partial charge in [0.15, 0.2) is 5.15 Å². The van der Waals surface area contributed by atoms with Crippen molar-refractivity contribution in [2.75, 3.05) is 6.61 Å². The minimum absolute atomic E-state index is 0.0342. The van der Waals surface area contributed by atoms with Gasteiger partial charge in [0.25, 0.3) is 0 Å². The maximum absolute atomic E-state index is 11.2. The van der Waals surface area contributed by atoms with E-state index in [9.17, 15) is 9.70 Å². The van der Waals surface area contributed by atoms with Gasteiger partial charge in [-0.15, -0.1) is 4.91 Å². The normalized spacial score (nSPS) is 9.57. The first-order valence-electron chi connectivity index (χ1n) is 3.85. The van der Waals surface area contributed by atoms with E-state index in [-0.39, 0.29) is 23.0 Å². The third kappa shape index (κ3) is 2.26. The van der Waals surface area contributed by atoms with Crippen LogP contribution in [0.4, 0.5) is 5.69 Å². The number of hydrogen-bond donors (Lipinski definition) is 0. The van der Waals surface area contributed by atoms with Crippen molar-refractivity contribution >= 4 is 23.3 Å². The molecule has 1 rings (SSSR count). The Morgan fingerprint density at radius 1 is 1.71 bits per heavy atom. The van der Waals surface area contributed by atoms with Gasteiger partial charge in [-0.2, -0.15) is 0 Å². The van der Waals surface area contributed by atoms with Crippen molar-refractivity contribution in [2.45, 2.75) is 6.92 Å². The number of esters is 1. The zero-order valence-electron chi connectivity index (χ0n) is 7.36. The number of nitroso groups, excluding NO2 is 1. The second kappa shape index (κ2) is 4.66. The van der Waals surface area contributed by atoms with Crippen molar-refractivity contribution in [2.24, 2.45) is 5.18 Å². The molecule has 0 N–H and O–H groups in total. The van der Waals surface area contributed by atoms with Crippen molar-refractivity contribution in [1.29, 1.82) is 0 Å². The Kier molecular flexibility index (Phi) is 3.53. The number of pyridine rings is 1. The maximum atomic E-state index is 11.2. The van der Waals surface area contributed by atoms with Crippen LogP contribution in [0.15, 0.2) is 17.4 Å². The number of carbonyl (C=O) groups is 1. The van der Waals surface area contributed by atoms with Crippen LogP contribution in [0.1, 0.15) is 17.3 Å². The van der Waals surface area contributed by atoms with Crippen LogP contribution in [0, 0.1) is 4.91 Å². The van der Waals surface area contributed by atoms with Gasteiger partial charge in [-0.1, -0.05) is 11.6 Å². The molecule has 74 valence electrons. The van der Waals surface area contributed by atoms with Crippen LogP contribution in [0.2, 0.25) is 5.15 Å². The second-order valence-electron chi connectivity index (χ2n) is 2.35. The summed E-state index contributed by atoms with van der Waals surface area (Å²) in [4.78, 5) is 25.0. The van der Waals surface area contributed by atoms with Gasteiger partial charge >= 0.3 is 5.97 Å². The lowest BCUT2D eigenvalue weighted by molar-refractivity contribution is 0.0526. The minimum atomic E-state index is -0.554. The summed E-state index contributed by atoms with van der Waals surface area (Å²) in [6, 6.07) is 1.24. The second-order valence-corrected chi connectivity index (χ2v) is 2.70. The molecule has 0 spiro atoms. The van der Waals surface area contributed by atoms with Crippen LogP contribution in [0.25, 0.3) is 0 Å². The molecule has 0 atom stereocenters. The molecular weight excluding hydrogens is 208 g/mol. The summed E-state index contributed by atoms with van der Waals surface area (Å²) in [6.07, 6.45) is 1.23. The highest BCUT2D eigenvalue weighted by Crippen LogP contribution is 2.22. The number of carbonyl (C=O) groups excluding carboxylic acids is 1. The highest BCUT2D eigenvalue weighted by Gasteiger charge is 2.10. The molecule has 0 aromatic carbocycles. The number of halogens is 1. The largest absolute Gasteiger partial charge is 0.462 e. The number of rotatable bonds is 3. The summed E-state index contributed by atoms with van der Waals surface area (Å²) < 4.78 is 4.70. The van der Waals surface area contributed by atoms with E-state index < -0.39 is 5.97 Å². The predicted molar refractivity (Wildman–Crippen MR) is 50.7 cm³/mol. The van der Waals surface area contributed by atoms with Gasteiger partial charge in [0.05, 0.1) is 12.2 Å². The van der Waals surface area contributed by atoms with Gasteiger partial charge < -0.3 is 4.74 Å². The van der Waals surface area contributed by atoms with Crippen LogP contribution in [0.3, 0.4) is 0 Å². The van der Waals surface area contributed by atoms with Gasteiger partial charge in [0, 0.05) is 6.20 Å². The highest BCUT2D eigenvalue weighted by molar-refractivity contribution is 6.31. The summed E-state index contributed by atoms with van der Waals surface area (Å²) in [7, 11) is 0. The van der Waals surface area contributed by atoms with Crippen LogP contribution >= 0.6 is 11.6 Å². The zero-order valence-corrected chi connectivity index (χ0v) is 8.11. The summed E-state index contributed by atoms with van der Waals surface area (Å²) in [5, 5.41) is 2.59. The first-order valence-corrected chi connectivity index (χ1v) is 4.22. The van der Waals surface area contributed by atoms with E-state index in [1.807, 2.05) is 0 Å². The molecule has 0 fully saturated rings. The third-order valence-electron chi connectivity index (χ3n) is 1.43. The molecule has 5 nitrogen and oxygen atoms in total.